The van der Waals surface area contributed by atoms with Crippen LogP contribution in [0, 0.1) is 0 Å². The van der Waals surface area contributed by atoms with Gasteiger partial charge in [-0.1, -0.05) is 36.4 Å². The van der Waals surface area contributed by atoms with E-state index in [-0.39, 0.29) is 6.10 Å². The fraction of sp³-hybridized carbons (Fsp3) is 0.370. The molecule has 1 saturated carbocycles. The molecule has 1 aromatic heterocycles. The molecule has 1 unspecified atom stereocenters. The van der Waals surface area contributed by atoms with Crippen molar-refractivity contribution in [2.45, 2.75) is 57.2 Å². The second-order valence-corrected chi connectivity index (χ2v) is 8.28. The molecule has 4 heteroatoms. The number of aromatic nitrogens is 1. The van der Waals surface area contributed by atoms with Crippen molar-refractivity contribution < 1.29 is 14.6 Å². The Morgan fingerprint density at radius 2 is 1.77 bits per heavy atom. The molecule has 1 heterocycles. The van der Waals surface area contributed by atoms with Crippen LogP contribution >= 0.6 is 0 Å². The van der Waals surface area contributed by atoms with Gasteiger partial charge in [0.1, 0.15) is 0 Å². The van der Waals surface area contributed by atoms with Gasteiger partial charge < -0.3 is 14.6 Å². The van der Waals surface area contributed by atoms with Crippen LogP contribution in [0.4, 0.5) is 0 Å². The highest BCUT2D eigenvalue weighted by molar-refractivity contribution is 5.44. The summed E-state index contributed by atoms with van der Waals surface area (Å²) in [5, 5.41) is 11.0. The Balaban J connectivity index is 1.47. The van der Waals surface area contributed by atoms with Crippen molar-refractivity contribution in [2.24, 2.45) is 0 Å². The Kier molecular flexibility index (Phi) is 7.21. The normalized spacial score (nSPS) is 15.0. The highest BCUT2D eigenvalue weighted by Gasteiger charge is 2.20. The largest absolute Gasteiger partial charge is 0.493 e. The molecule has 1 atom stereocenters. The van der Waals surface area contributed by atoms with E-state index in [1.165, 1.54) is 24.0 Å². The van der Waals surface area contributed by atoms with Crippen LogP contribution in [0.25, 0.3) is 0 Å². The minimum absolute atomic E-state index is 0.242. The van der Waals surface area contributed by atoms with Gasteiger partial charge >= 0.3 is 0 Å². The Labute approximate surface area is 184 Å². The van der Waals surface area contributed by atoms with Gasteiger partial charge in [0.25, 0.3) is 0 Å². The topological polar surface area (TPSA) is 51.6 Å². The van der Waals surface area contributed by atoms with Crippen LogP contribution < -0.4 is 9.47 Å². The van der Waals surface area contributed by atoms with Crippen molar-refractivity contribution >= 4 is 0 Å². The summed E-state index contributed by atoms with van der Waals surface area (Å²) in [7, 11) is 1.66. The number of ether oxygens (including phenoxy) is 2. The molecule has 0 saturated heterocycles. The Morgan fingerprint density at radius 3 is 2.55 bits per heavy atom. The smallest absolute Gasteiger partial charge is 0.161 e. The van der Waals surface area contributed by atoms with Gasteiger partial charge in [-0.2, -0.15) is 0 Å². The van der Waals surface area contributed by atoms with Crippen molar-refractivity contribution in [2.75, 3.05) is 7.11 Å². The molecule has 0 bridgehead atoms. The Bertz CT molecular complexity index is 967. The highest BCUT2D eigenvalue weighted by Crippen LogP contribution is 2.34. The van der Waals surface area contributed by atoms with Gasteiger partial charge in [0, 0.05) is 18.8 Å². The lowest BCUT2D eigenvalue weighted by atomic mass is 9.95. The van der Waals surface area contributed by atoms with Crippen LogP contribution in [0.15, 0.2) is 67.0 Å². The van der Waals surface area contributed by atoms with Crippen LogP contribution in [-0.4, -0.2) is 23.3 Å². The molecule has 162 valence electrons. The predicted molar refractivity (Wildman–Crippen MR) is 123 cm³/mol. The molecular formula is C27H31NO3. The van der Waals surface area contributed by atoms with Gasteiger partial charge in [-0.25, -0.2) is 0 Å². The Morgan fingerprint density at radius 1 is 0.968 bits per heavy atom. The number of rotatable bonds is 9. The quantitative estimate of drug-likeness (QED) is 0.501. The fourth-order valence-electron chi connectivity index (χ4n) is 4.31. The van der Waals surface area contributed by atoms with Crippen LogP contribution in [-0.2, 0) is 19.3 Å². The van der Waals surface area contributed by atoms with Crippen molar-refractivity contribution in [3.05, 3.63) is 89.2 Å². The number of methoxy groups -OCH3 is 1. The molecule has 1 aliphatic carbocycles. The van der Waals surface area contributed by atoms with Crippen molar-refractivity contribution in [1.82, 2.24) is 4.98 Å². The van der Waals surface area contributed by atoms with Gasteiger partial charge in [-0.05, 0) is 79.0 Å². The van der Waals surface area contributed by atoms with Crippen LogP contribution in [0.1, 0.15) is 54.0 Å². The number of nitrogens with zero attached hydrogens (tertiary/aromatic N) is 1. The maximum atomic E-state index is 11.0. The molecule has 1 fully saturated rings. The van der Waals surface area contributed by atoms with Crippen molar-refractivity contribution in [3.63, 3.8) is 0 Å². The molecule has 0 spiro atoms. The third kappa shape index (κ3) is 5.65. The lowest BCUT2D eigenvalue weighted by molar-refractivity contribution is 0.174. The summed E-state index contributed by atoms with van der Waals surface area (Å²) in [4.78, 5) is 4.31. The van der Waals surface area contributed by atoms with E-state index in [0.29, 0.717) is 6.42 Å². The summed E-state index contributed by atoms with van der Waals surface area (Å²) >= 11 is 0. The van der Waals surface area contributed by atoms with Gasteiger partial charge in [-0.3, -0.25) is 4.98 Å². The monoisotopic (exact) mass is 417 g/mol. The molecule has 2 aromatic carbocycles. The molecular weight excluding hydrogens is 386 g/mol. The van der Waals surface area contributed by atoms with Gasteiger partial charge in [0.15, 0.2) is 11.5 Å². The maximum Gasteiger partial charge on any atom is 0.161 e. The van der Waals surface area contributed by atoms with Crippen LogP contribution in [0.5, 0.6) is 11.5 Å². The lowest BCUT2D eigenvalue weighted by Gasteiger charge is -2.19. The molecule has 1 N–H and O–H groups in total. The summed E-state index contributed by atoms with van der Waals surface area (Å²) in [6, 6.07) is 18.2. The predicted octanol–water partition coefficient (Wildman–Crippen LogP) is 5.47. The summed E-state index contributed by atoms with van der Waals surface area (Å²) in [6.07, 6.45) is 10.3. The molecule has 4 nitrogen and oxygen atoms in total. The second-order valence-electron chi connectivity index (χ2n) is 8.28. The van der Waals surface area contributed by atoms with E-state index in [1.54, 1.807) is 13.3 Å². The third-order valence-corrected chi connectivity index (χ3v) is 6.11. The second kappa shape index (κ2) is 10.5. The van der Waals surface area contributed by atoms with Crippen LogP contribution in [0.3, 0.4) is 0 Å². The first-order chi connectivity index (χ1) is 15.2. The number of aliphatic hydroxyl groups excluding tert-OH is 1. The average molecular weight is 418 g/mol. The van der Waals surface area contributed by atoms with E-state index < -0.39 is 6.10 Å². The molecule has 3 aromatic rings. The number of pyridine rings is 1. The molecule has 0 amide bonds. The first kappa shape index (κ1) is 21.4. The van der Waals surface area contributed by atoms with Gasteiger partial charge in [0.05, 0.1) is 19.3 Å². The first-order valence-electron chi connectivity index (χ1n) is 11.2. The molecule has 0 radical (unpaired) electrons. The molecule has 31 heavy (non-hydrogen) atoms. The first-order valence-corrected chi connectivity index (χ1v) is 11.2. The lowest BCUT2D eigenvalue weighted by Crippen LogP contribution is -2.12. The third-order valence-electron chi connectivity index (χ3n) is 6.11. The van der Waals surface area contributed by atoms with E-state index in [0.717, 1.165) is 48.3 Å². The van der Waals surface area contributed by atoms with Crippen molar-refractivity contribution in [3.8, 4) is 11.5 Å². The minimum Gasteiger partial charge on any atom is -0.493 e. The zero-order chi connectivity index (χ0) is 21.5. The molecule has 4 rings (SSSR count). The summed E-state index contributed by atoms with van der Waals surface area (Å²) in [6.45, 7) is 0. The number of hydrogen-bond donors (Lipinski definition) is 1. The summed E-state index contributed by atoms with van der Waals surface area (Å²) < 4.78 is 11.7. The molecule has 0 aliphatic heterocycles. The van der Waals surface area contributed by atoms with E-state index in [1.807, 2.05) is 36.5 Å². The van der Waals surface area contributed by atoms with Gasteiger partial charge in [-0.15, -0.1) is 0 Å². The average Bonchev–Trinajstić information content (AvgIpc) is 3.32. The summed E-state index contributed by atoms with van der Waals surface area (Å²) in [5.74, 6) is 1.44. The minimum atomic E-state index is -0.616. The highest BCUT2D eigenvalue weighted by atomic mass is 16.5. The van der Waals surface area contributed by atoms with E-state index in [2.05, 4.69) is 29.2 Å². The van der Waals surface area contributed by atoms with E-state index in [9.17, 15) is 5.11 Å². The summed E-state index contributed by atoms with van der Waals surface area (Å²) in [5.41, 5.74) is 4.47. The zero-order valence-electron chi connectivity index (χ0n) is 18.2. The maximum absolute atomic E-state index is 11.0. The number of benzene rings is 2. The van der Waals surface area contributed by atoms with Gasteiger partial charge in [0.2, 0.25) is 0 Å². The van der Waals surface area contributed by atoms with Crippen LogP contribution in [0.2, 0.25) is 0 Å². The fourth-order valence-corrected chi connectivity index (χ4v) is 4.31. The molecule has 1 aliphatic rings. The number of aryl methyl sites for hydroxylation is 2. The van der Waals surface area contributed by atoms with Crippen molar-refractivity contribution in [1.29, 1.82) is 0 Å². The standard InChI is InChI=1S/C27H31NO3/c1-30-26-14-13-22(18-27(26)31-24-9-5-6-10-24)25(29)17-21-15-16-28-19-23(21)12-11-20-7-3-2-4-8-20/h2-4,7-8,13-16,18-19,24-25,29H,5-6,9-12,17H2,1H3. The number of aliphatic hydroxyl groups is 1. The Hall–Kier alpha value is -2.85. The number of hydrogen-bond acceptors (Lipinski definition) is 4. The zero-order valence-corrected chi connectivity index (χ0v) is 18.2. The SMILES string of the molecule is COc1ccc(C(O)Cc2ccncc2CCc2ccccc2)cc1OC1CCCC1. The van der Waals surface area contributed by atoms with E-state index >= 15 is 0 Å². The van der Waals surface area contributed by atoms with E-state index in [4.69, 9.17) is 9.47 Å².